The maximum atomic E-state index is 13.2. The van der Waals surface area contributed by atoms with Crippen molar-refractivity contribution >= 4 is 17.6 Å². The third kappa shape index (κ3) is 6.26. The maximum Gasteiger partial charge on any atom is 0.247 e. The summed E-state index contributed by atoms with van der Waals surface area (Å²) in [7, 11) is 0. The van der Waals surface area contributed by atoms with Crippen LogP contribution in [-0.4, -0.2) is 47.4 Å². The molecule has 0 radical (unpaired) electrons. The minimum atomic E-state index is -0.572. The molecule has 1 aliphatic rings. The van der Waals surface area contributed by atoms with Crippen LogP contribution in [0.1, 0.15) is 42.5 Å². The molecule has 36 heavy (non-hydrogen) atoms. The van der Waals surface area contributed by atoms with E-state index in [-0.39, 0.29) is 23.8 Å². The number of hydrogen-bond acceptors (Lipinski definition) is 6. The number of amides is 2. The molecule has 1 aromatic heterocycles. The van der Waals surface area contributed by atoms with Crippen molar-refractivity contribution < 1.29 is 14.3 Å². The number of hydrogen-bond donors (Lipinski definition) is 2. The normalized spacial score (nSPS) is 14.8. The molecule has 8 heteroatoms. The molecule has 1 aliphatic heterocycles. The third-order valence-electron chi connectivity index (χ3n) is 6.22. The molecule has 4 rings (SSSR count). The fourth-order valence-corrected chi connectivity index (χ4v) is 3.99. The average molecular weight is 484 g/mol. The molecule has 8 nitrogen and oxygen atoms in total. The number of carbonyl (C=O) groups is 2. The lowest BCUT2D eigenvalue weighted by atomic mass is 9.98. The fraction of sp³-hybridized carbons (Fsp3) is 0.286. The first-order valence-corrected chi connectivity index (χ1v) is 11.9. The van der Waals surface area contributed by atoms with Gasteiger partial charge < -0.3 is 20.3 Å². The molecule has 2 atom stereocenters. The number of aromatic nitrogens is 1. The molecule has 2 aromatic carbocycles. The second-order valence-corrected chi connectivity index (χ2v) is 8.92. The smallest absolute Gasteiger partial charge is 0.247 e. The molecule has 1 fully saturated rings. The standard InChI is InChI=1S/C28H29N5O3/c1-19(22-10-8-21(14-29)9-11-22)15-31-27(23-6-4-3-5-7-23)28(35)32-26-13-12-24(16-30-26)36-25-17-33(18-25)20(2)34/h3-13,16,19,25,27,31H,15,17-18H2,1-2H3,(H,30,32,35)/t19-,27?/m1/s1. The maximum absolute atomic E-state index is 13.2. The van der Waals surface area contributed by atoms with E-state index in [1.165, 1.54) is 0 Å². The zero-order valence-corrected chi connectivity index (χ0v) is 20.3. The van der Waals surface area contributed by atoms with E-state index >= 15 is 0 Å². The van der Waals surface area contributed by atoms with E-state index in [9.17, 15) is 9.59 Å². The lowest BCUT2D eigenvalue weighted by Crippen LogP contribution is -2.55. The zero-order chi connectivity index (χ0) is 25.5. The Labute approximate surface area is 210 Å². The molecule has 1 unspecified atom stereocenters. The van der Waals surface area contributed by atoms with Gasteiger partial charge >= 0.3 is 0 Å². The Morgan fingerprint density at radius 2 is 1.81 bits per heavy atom. The number of ether oxygens (including phenoxy) is 1. The summed E-state index contributed by atoms with van der Waals surface area (Å²) in [5, 5.41) is 15.3. The Kier molecular flexibility index (Phi) is 7.93. The van der Waals surface area contributed by atoms with Crippen molar-refractivity contribution in [3.8, 4) is 11.8 Å². The van der Waals surface area contributed by atoms with Crippen molar-refractivity contribution in [3.05, 3.63) is 89.6 Å². The largest absolute Gasteiger partial charge is 0.485 e. The van der Waals surface area contributed by atoms with E-state index in [0.29, 0.717) is 36.8 Å². The summed E-state index contributed by atoms with van der Waals surface area (Å²) in [5.41, 5.74) is 2.56. The Hall–Kier alpha value is -4.22. The minimum absolute atomic E-state index is 0.0407. The van der Waals surface area contributed by atoms with Crippen LogP contribution in [0.5, 0.6) is 5.75 Å². The van der Waals surface area contributed by atoms with Crippen LogP contribution in [-0.2, 0) is 9.59 Å². The Balaban J connectivity index is 1.37. The molecule has 2 amide bonds. The van der Waals surface area contributed by atoms with Gasteiger partial charge in [-0.05, 0) is 41.3 Å². The highest BCUT2D eigenvalue weighted by atomic mass is 16.5. The fourth-order valence-electron chi connectivity index (χ4n) is 3.99. The van der Waals surface area contributed by atoms with Crippen LogP contribution in [0.4, 0.5) is 5.82 Å². The number of pyridine rings is 1. The zero-order valence-electron chi connectivity index (χ0n) is 20.3. The molecular formula is C28H29N5O3. The van der Waals surface area contributed by atoms with Gasteiger partial charge in [-0.25, -0.2) is 4.98 Å². The second-order valence-electron chi connectivity index (χ2n) is 8.92. The number of carbonyl (C=O) groups excluding carboxylic acids is 2. The lowest BCUT2D eigenvalue weighted by molar-refractivity contribution is -0.137. The van der Waals surface area contributed by atoms with E-state index < -0.39 is 6.04 Å². The monoisotopic (exact) mass is 483 g/mol. The van der Waals surface area contributed by atoms with Crippen LogP contribution in [0.15, 0.2) is 72.9 Å². The van der Waals surface area contributed by atoms with E-state index in [4.69, 9.17) is 10.00 Å². The van der Waals surface area contributed by atoms with Crippen LogP contribution in [0.3, 0.4) is 0 Å². The molecule has 184 valence electrons. The van der Waals surface area contributed by atoms with Gasteiger partial charge in [-0.2, -0.15) is 5.26 Å². The van der Waals surface area contributed by atoms with Gasteiger partial charge in [0.1, 0.15) is 23.7 Å². The number of nitriles is 1. The molecule has 0 bridgehead atoms. The summed E-state index contributed by atoms with van der Waals surface area (Å²) in [5.74, 6) is 0.977. The number of anilines is 1. The van der Waals surface area contributed by atoms with Crippen molar-refractivity contribution in [2.24, 2.45) is 0 Å². The van der Waals surface area contributed by atoms with E-state index in [1.807, 2.05) is 42.5 Å². The summed E-state index contributed by atoms with van der Waals surface area (Å²) in [6.07, 6.45) is 1.53. The van der Waals surface area contributed by atoms with Crippen molar-refractivity contribution in [2.75, 3.05) is 25.0 Å². The molecule has 2 N–H and O–H groups in total. The predicted octanol–water partition coefficient (Wildman–Crippen LogP) is 3.64. The first-order valence-electron chi connectivity index (χ1n) is 11.9. The number of likely N-dealkylation sites (tertiary alicyclic amines) is 1. The Morgan fingerprint density at radius 3 is 2.42 bits per heavy atom. The summed E-state index contributed by atoms with van der Waals surface area (Å²) in [6.45, 7) is 5.32. The van der Waals surface area contributed by atoms with Crippen molar-refractivity contribution in [1.29, 1.82) is 5.26 Å². The topological polar surface area (TPSA) is 107 Å². The molecule has 1 saturated heterocycles. The summed E-state index contributed by atoms with van der Waals surface area (Å²) in [4.78, 5) is 30.6. The van der Waals surface area contributed by atoms with Gasteiger partial charge in [0.2, 0.25) is 11.8 Å². The SMILES string of the molecule is CC(=O)N1CC(Oc2ccc(NC(=O)C(NC[C@@H](C)c3ccc(C#N)cc3)c3ccccc3)nc2)C1. The van der Waals surface area contributed by atoms with Crippen LogP contribution in [0.2, 0.25) is 0 Å². The van der Waals surface area contributed by atoms with Crippen LogP contribution < -0.4 is 15.4 Å². The van der Waals surface area contributed by atoms with E-state index in [0.717, 1.165) is 11.1 Å². The first-order chi connectivity index (χ1) is 17.4. The van der Waals surface area contributed by atoms with Gasteiger partial charge in [0.25, 0.3) is 0 Å². The summed E-state index contributed by atoms with van der Waals surface area (Å²) >= 11 is 0. The molecule has 3 aromatic rings. The second kappa shape index (κ2) is 11.5. The van der Waals surface area contributed by atoms with Gasteiger partial charge in [-0.1, -0.05) is 49.4 Å². The molecule has 0 saturated carbocycles. The van der Waals surface area contributed by atoms with Gasteiger partial charge in [0, 0.05) is 13.5 Å². The summed E-state index contributed by atoms with van der Waals surface area (Å²) in [6, 6.07) is 22.1. The molecule has 0 spiro atoms. The van der Waals surface area contributed by atoms with Gasteiger partial charge in [0.15, 0.2) is 0 Å². The highest BCUT2D eigenvalue weighted by molar-refractivity contribution is 5.94. The quantitative estimate of drug-likeness (QED) is 0.481. The highest BCUT2D eigenvalue weighted by Crippen LogP contribution is 2.21. The lowest BCUT2D eigenvalue weighted by Gasteiger charge is -2.38. The number of rotatable bonds is 9. The van der Waals surface area contributed by atoms with E-state index in [2.05, 4.69) is 28.6 Å². The number of nitrogens with one attached hydrogen (secondary N) is 2. The first kappa shape index (κ1) is 24.9. The predicted molar refractivity (Wildman–Crippen MR) is 136 cm³/mol. The Bertz CT molecular complexity index is 1220. The van der Waals surface area contributed by atoms with Crippen LogP contribution in [0.25, 0.3) is 0 Å². The van der Waals surface area contributed by atoms with Gasteiger partial charge in [-0.15, -0.1) is 0 Å². The molecular weight excluding hydrogens is 454 g/mol. The molecule has 2 heterocycles. The summed E-state index contributed by atoms with van der Waals surface area (Å²) < 4.78 is 5.83. The van der Waals surface area contributed by atoms with Gasteiger partial charge in [-0.3, -0.25) is 9.59 Å². The number of benzene rings is 2. The number of nitrogens with zero attached hydrogens (tertiary/aromatic N) is 3. The van der Waals surface area contributed by atoms with Crippen molar-refractivity contribution in [2.45, 2.75) is 31.9 Å². The van der Waals surface area contributed by atoms with Gasteiger partial charge in [0.05, 0.1) is 30.9 Å². The van der Waals surface area contributed by atoms with Crippen molar-refractivity contribution in [3.63, 3.8) is 0 Å². The highest BCUT2D eigenvalue weighted by Gasteiger charge is 2.30. The van der Waals surface area contributed by atoms with Crippen LogP contribution >= 0.6 is 0 Å². The average Bonchev–Trinajstić information content (AvgIpc) is 2.87. The van der Waals surface area contributed by atoms with Crippen LogP contribution in [0, 0.1) is 11.3 Å². The third-order valence-corrected chi connectivity index (χ3v) is 6.22. The van der Waals surface area contributed by atoms with E-state index in [1.54, 1.807) is 42.3 Å². The van der Waals surface area contributed by atoms with Crippen molar-refractivity contribution in [1.82, 2.24) is 15.2 Å². The Morgan fingerprint density at radius 1 is 1.08 bits per heavy atom. The molecule has 0 aliphatic carbocycles. The minimum Gasteiger partial charge on any atom is -0.485 e.